The molecule has 0 radical (unpaired) electrons. The van der Waals surface area contributed by atoms with E-state index in [0.29, 0.717) is 28.7 Å². The fraction of sp³-hybridized carbons (Fsp3) is 0.200. The van der Waals surface area contributed by atoms with Gasteiger partial charge in [0.2, 0.25) is 5.91 Å². The Morgan fingerprint density at radius 1 is 1.14 bits per heavy atom. The van der Waals surface area contributed by atoms with E-state index in [1.807, 2.05) is 0 Å². The Bertz CT molecular complexity index is 637. The fourth-order valence-electron chi connectivity index (χ4n) is 1.80. The van der Waals surface area contributed by atoms with E-state index < -0.39 is 0 Å². The number of furan rings is 1. The van der Waals surface area contributed by atoms with Gasteiger partial charge in [0.25, 0.3) is 5.91 Å². The molecule has 22 heavy (non-hydrogen) atoms. The van der Waals surface area contributed by atoms with Gasteiger partial charge >= 0.3 is 0 Å². The second-order valence-electron chi connectivity index (χ2n) is 4.54. The Labute approximate surface area is 137 Å². The van der Waals surface area contributed by atoms with Crippen LogP contribution in [0.15, 0.2) is 41.0 Å². The van der Waals surface area contributed by atoms with E-state index in [-0.39, 0.29) is 24.0 Å². The minimum absolute atomic E-state index is 0.175. The van der Waals surface area contributed by atoms with Crippen molar-refractivity contribution in [2.45, 2.75) is 12.8 Å². The number of rotatable bonds is 6. The van der Waals surface area contributed by atoms with E-state index in [1.54, 1.807) is 30.3 Å². The molecule has 0 aliphatic heterocycles. The van der Waals surface area contributed by atoms with Gasteiger partial charge in [-0.25, -0.2) is 0 Å². The maximum Gasteiger partial charge on any atom is 0.286 e. The molecule has 7 heteroatoms. The highest BCUT2D eigenvalue weighted by atomic mass is 35.5. The van der Waals surface area contributed by atoms with Gasteiger partial charge in [-0.3, -0.25) is 9.59 Å². The summed E-state index contributed by atoms with van der Waals surface area (Å²) in [5.41, 5.74) is 0.544. The molecule has 0 unspecified atom stereocenters. The summed E-state index contributed by atoms with van der Waals surface area (Å²) in [7, 11) is 0. The van der Waals surface area contributed by atoms with E-state index >= 15 is 0 Å². The highest BCUT2D eigenvalue weighted by molar-refractivity contribution is 6.35. The number of halogens is 2. The van der Waals surface area contributed by atoms with Crippen LogP contribution in [-0.2, 0) is 4.79 Å². The highest BCUT2D eigenvalue weighted by Gasteiger charge is 2.08. The van der Waals surface area contributed by atoms with Gasteiger partial charge in [-0.05, 0) is 36.8 Å². The number of anilines is 1. The first-order valence-electron chi connectivity index (χ1n) is 6.62. The van der Waals surface area contributed by atoms with Gasteiger partial charge in [-0.1, -0.05) is 23.2 Å². The van der Waals surface area contributed by atoms with Gasteiger partial charge in [0.15, 0.2) is 5.76 Å². The summed E-state index contributed by atoms with van der Waals surface area (Å²) >= 11 is 11.7. The van der Waals surface area contributed by atoms with Crippen molar-refractivity contribution >= 4 is 40.7 Å². The smallest absolute Gasteiger partial charge is 0.286 e. The van der Waals surface area contributed by atoms with Gasteiger partial charge in [0.1, 0.15) is 0 Å². The van der Waals surface area contributed by atoms with E-state index in [9.17, 15) is 9.59 Å². The molecule has 2 rings (SSSR count). The molecule has 0 spiro atoms. The quantitative estimate of drug-likeness (QED) is 0.787. The summed E-state index contributed by atoms with van der Waals surface area (Å²) in [6.07, 6.45) is 2.20. The van der Waals surface area contributed by atoms with Gasteiger partial charge in [-0.15, -0.1) is 0 Å². The van der Waals surface area contributed by atoms with Crippen molar-refractivity contribution in [3.05, 3.63) is 52.4 Å². The summed E-state index contributed by atoms with van der Waals surface area (Å²) in [6.45, 7) is 0.378. The first-order valence-corrected chi connectivity index (χ1v) is 7.38. The van der Waals surface area contributed by atoms with Crippen molar-refractivity contribution in [1.82, 2.24) is 5.32 Å². The molecule has 0 fully saturated rings. The maximum atomic E-state index is 11.8. The Balaban J connectivity index is 1.70. The van der Waals surface area contributed by atoms with Crippen LogP contribution in [0.3, 0.4) is 0 Å². The number of carbonyl (C=O) groups is 2. The van der Waals surface area contributed by atoms with E-state index in [2.05, 4.69) is 10.6 Å². The third-order valence-electron chi connectivity index (χ3n) is 2.76. The third-order valence-corrected chi connectivity index (χ3v) is 3.19. The van der Waals surface area contributed by atoms with Crippen molar-refractivity contribution < 1.29 is 14.0 Å². The van der Waals surface area contributed by atoms with Crippen molar-refractivity contribution in [3.8, 4) is 0 Å². The summed E-state index contributed by atoms with van der Waals surface area (Å²) < 4.78 is 4.96. The summed E-state index contributed by atoms with van der Waals surface area (Å²) in [5, 5.41) is 6.27. The van der Waals surface area contributed by atoms with Crippen molar-refractivity contribution in [3.63, 3.8) is 0 Å². The number of hydrogen-bond acceptors (Lipinski definition) is 3. The molecule has 1 heterocycles. The number of amides is 2. The summed E-state index contributed by atoms with van der Waals surface area (Å²) in [4.78, 5) is 23.4. The number of hydrogen-bond donors (Lipinski definition) is 2. The monoisotopic (exact) mass is 340 g/mol. The SMILES string of the molecule is O=C(CCCNC(=O)c1ccco1)Nc1cc(Cl)cc(Cl)c1. The number of nitrogens with one attached hydrogen (secondary N) is 2. The maximum absolute atomic E-state index is 11.8. The molecule has 0 bridgehead atoms. The Hall–Kier alpha value is -1.98. The van der Waals surface area contributed by atoms with Crippen LogP contribution in [-0.4, -0.2) is 18.4 Å². The molecule has 2 N–H and O–H groups in total. The zero-order valence-electron chi connectivity index (χ0n) is 11.6. The van der Waals surface area contributed by atoms with Crippen LogP contribution >= 0.6 is 23.2 Å². The molecule has 5 nitrogen and oxygen atoms in total. The first-order chi connectivity index (χ1) is 10.5. The molecule has 0 saturated carbocycles. The largest absolute Gasteiger partial charge is 0.459 e. The third kappa shape index (κ3) is 5.09. The van der Waals surface area contributed by atoms with Gasteiger partial charge in [-0.2, -0.15) is 0 Å². The standard InChI is InChI=1S/C15H14Cl2N2O3/c16-10-7-11(17)9-12(8-10)19-14(20)4-1-5-18-15(21)13-3-2-6-22-13/h2-3,6-9H,1,4-5H2,(H,18,21)(H,19,20). The second kappa shape index (κ2) is 7.87. The average Bonchev–Trinajstić information content (AvgIpc) is 2.96. The molecule has 116 valence electrons. The molecule has 0 aliphatic rings. The highest BCUT2D eigenvalue weighted by Crippen LogP contribution is 2.22. The minimum atomic E-state index is -0.299. The zero-order valence-corrected chi connectivity index (χ0v) is 13.1. The van der Waals surface area contributed by atoms with Crippen LogP contribution in [0.4, 0.5) is 5.69 Å². The lowest BCUT2D eigenvalue weighted by molar-refractivity contribution is -0.116. The van der Waals surface area contributed by atoms with E-state index in [0.717, 1.165) is 0 Å². The molecule has 1 aromatic carbocycles. The number of carbonyl (C=O) groups excluding carboxylic acids is 2. The molecule has 0 atom stereocenters. The van der Waals surface area contributed by atoms with Crippen LogP contribution in [0.5, 0.6) is 0 Å². The summed E-state index contributed by atoms with van der Waals surface area (Å²) in [5.74, 6) is -0.226. The van der Waals surface area contributed by atoms with E-state index in [4.69, 9.17) is 27.6 Å². The van der Waals surface area contributed by atoms with Crippen molar-refractivity contribution in [2.24, 2.45) is 0 Å². The van der Waals surface area contributed by atoms with Gasteiger partial charge in [0.05, 0.1) is 6.26 Å². The topological polar surface area (TPSA) is 71.3 Å². The normalized spacial score (nSPS) is 10.3. The minimum Gasteiger partial charge on any atom is -0.459 e. The molecule has 0 aliphatic carbocycles. The lowest BCUT2D eigenvalue weighted by Gasteiger charge is -2.07. The van der Waals surface area contributed by atoms with Crippen LogP contribution in [0.1, 0.15) is 23.4 Å². The predicted molar refractivity (Wildman–Crippen MR) is 85.4 cm³/mol. The van der Waals surface area contributed by atoms with Gasteiger partial charge < -0.3 is 15.1 Å². The average molecular weight is 341 g/mol. The predicted octanol–water partition coefficient (Wildman–Crippen LogP) is 3.74. The van der Waals surface area contributed by atoms with Crippen molar-refractivity contribution in [2.75, 3.05) is 11.9 Å². The van der Waals surface area contributed by atoms with Crippen molar-refractivity contribution in [1.29, 1.82) is 0 Å². The summed E-state index contributed by atoms with van der Waals surface area (Å²) in [6, 6.07) is 8.03. The van der Waals surface area contributed by atoms with Gasteiger partial charge in [0, 0.05) is 28.7 Å². The first kappa shape index (κ1) is 16.4. The number of benzene rings is 1. The Morgan fingerprint density at radius 2 is 1.86 bits per heavy atom. The lowest BCUT2D eigenvalue weighted by Crippen LogP contribution is -2.25. The van der Waals surface area contributed by atoms with Crippen LogP contribution in [0, 0.1) is 0 Å². The molecule has 0 saturated heterocycles. The van der Waals surface area contributed by atoms with Crippen LogP contribution < -0.4 is 10.6 Å². The molecule has 2 aromatic rings. The van der Waals surface area contributed by atoms with E-state index in [1.165, 1.54) is 6.26 Å². The second-order valence-corrected chi connectivity index (χ2v) is 5.42. The molecular weight excluding hydrogens is 327 g/mol. The Kier molecular flexibility index (Phi) is 5.86. The van der Waals surface area contributed by atoms with Crippen LogP contribution in [0.25, 0.3) is 0 Å². The van der Waals surface area contributed by atoms with Crippen LogP contribution in [0.2, 0.25) is 10.0 Å². The molecule has 1 aromatic heterocycles. The Morgan fingerprint density at radius 3 is 2.50 bits per heavy atom. The fourth-order valence-corrected chi connectivity index (χ4v) is 2.32. The molecular formula is C15H14Cl2N2O3. The molecule has 2 amide bonds. The zero-order chi connectivity index (χ0) is 15.9. The lowest BCUT2D eigenvalue weighted by atomic mass is 10.2.